The predicted octanol–water partition coefficient (Wildman–Crippen LogP) is 2.13. The van der Waals surface area contributed by atoms with Crippen LogP contribution >= 0.6 is 12.4 Å². The molecule has 0 spiro atoms. The van der Waals surface area contributed by atoms with Crippen LogP contribution < -0.4 is 14.5 Å². The number of halogens is 1. The average molecular weight is 254 g/mol. The van der Waals surface area contributed by atoms with Gasteiger partial charge in [-0.05, 0) is 19.1 Å². The Morgan fingerprint density at radius 3 is 2.94 bits per heavy atom. The summed E-state index contributed by atoms with van der Waals surface area (Å²) >= 11 is 0. The molecule has 0 aliphatic carbocycles. The number of anilines is 2. The molecule has 0 saturated heterocycles. The summed E-state index contributed by atoms with van der Waals surface area (Å²) in [5.74, 6) is 1.99. The second-order valence-electron chi connectivity index (χ2n) is 3.98. The molecule has 0 unspecified atom stereocenters. The molecule has 0 atom stereocenters. The van der Waals surface area contributed by atoms with Crippen LogP contribution in [0.5, 0.6) is 5.75 Å². The van der Waals surface area contributed by atoms with Crippen molar-refractivity contribution in [1.82, 2.24) is 0 Å². The van der Waals surface area contributed by atoms with Gasteiger partial charge in [-0.1, -0.05) is 0 Å². The molecule has 0 N–H and O–H groups in total. The number of ether oxygens (including phenoxy) is 1. The first-order valence-corrected chi connectivity index (χ1v) is 5.64. The lowest BCUT2D eigenvalue weighted by molar-refractivity contribution is 0.340. The summed E-state index contributed by atoms with van der Waals surface area (Å²) in [5.41, 5.74) is 2.42. The number of rotatable bonds is 2. The third-order valence-corrected chi connectivity index (χ3v) is 3.03. The smallest absolute Gasteiger partial charge is 0.205 e. The topological polar surface area (TPSA) is 28.1 Å². The number of hydrogen-bond donors (Lipinski definition) is 0. The van der Waals surface area contributed by atoms with Crippen molar-refractivity contribution in [3.05, 3.63) is 18.2 Å². The average Bonchev–Trinajstić information content (AvgIpc) is 2.84. The molecular formula is C12H16ClN3O. The van der Waals surface area contributed by atoms with Crippen LogP contribution in [0, 0.1) is 0 Å². The summed E-state index contributed by atoms with van der Waals surface area (Å²) in [6.07, 6.45) is 0. The molecule has 1 aromatic rings. The van der Waals surface area contributed by atoms with Gasteiger partial charge in [0.2, 0.25) is 5.96 Å². The predicted molar refractivity (Wildman–Crippen MR) is 72.9 cm³/mol. The Morgan fingerprint density at radius 2 is 2.18 bits per heavy atom. The molecule has 2 aliphatic rings. The summed E-state index contributed by atoms with van der Waals surface area (Å²) in [4.78, 5) is 8.88. The van der Waals surface area contributed by atoms with E-state index in [9.17, 15) is 0 Å². The van der Waals surface area contributed by atoms with Crippen LogP contribution in [0.3, 0.4) is 0 Å². The summed E-state index contributed by atoms with van der Waals surface area (Å²) in [6.45, 7) is 4.57. The molecule has 0 saturated carbocycles. The molecule has 0 aromatic heterocycles. The Kier molecular flexibility index (Phi) is 3.15. The van der Waals surface area contributed by atoms with Crippen molar-refractivity contribution in [1.29, 1.82) is 0 Å². The van der Waals surface area contributed by atoms with E-state index in [1.54, 1.807) is 0 Å². The second-order valence-corrected chi connectivity index (χ2v) is 3.98. The third kappa shape index (κ3) is 1.72. The van der Waals surface area contributed by atoms with E-state index in [-0.39, 0.29) is 12.4 Å². The largest absolute Gasteiger partial charge is 0.494 e. The van der Waals surface area contributed by atoms with Gasteiger partial charge in [0.1, 0.15) is 5.75 Å². The van der Waals surface area contributed by atoms with E-state index in [1.165, 1.54) is 11.4 Å². The molecule has 2 heterocycles. The second kappa shape index (κ2) is 4.45. The van der Waals surface area contributed by atoms with Crippen molar-refractivity contribution < 1.29 is 4.74 Å². The fourth-order valence-electron chi connectivity index (χ4n) is 2.32. The number of fused-ring (bicyclic) bond motifs is 3. The zero-order valence-corrected chi connectivity index (χ0v) is 10.8. The number of nitrogens with zero attached hydrogens (tertiary/aromatic N) is 3. The van der Waals surface area contributed by atoms with E-state index in [0.717, 1.165) is 24.8 Å². The summed E-state index contributed by atoms with van der Waals surface area (Å²) in [5, 5.41) is 0. The van der Waals surface area contributed by atoms with Crippen LogP contribution in [-0.4, -0.2) is 32.7 Å². The molecule has 17 heavy (non-hydrogen) atoms. The van der Waals surface area contributed by atoms with Crippen molar-refractivity contribution in [3.63, 3.8) is 0 Å². The van der Waals surface area contributed by atoms with Gasteiger partial charge >= 0.3 is 0 Å². The van der Waals surface area contributed by atoms with Crippen LogP contribution in [0.25, 0.3) is 0 Å². The lowest BCUT2D eigenvalue weighted by Crippen LogP contribution is -2.32. The Hall–Kier alpha value is -1.42. The number of guanidine groups is 1. The first-order chi connectivity index (χ1) is 7.81. The monoisotopic (exact) mass is 253 g/mol. The standard InChI is InChI=1S/C12H15N3O.ClH/c1-3-16-9-4-5-10-11(8-9)15-7-6-13-12(15)14(10)2;/h4-5,8H,3,6-7H2,1-2H3;1H. The van der Waals surface area contributed by atoms with Crippen LogP contribution in [0.1, 0.15) is 6.92 Å². The highest BCUT2D eigenvalue weighted by Gasteiger charge is 2.33. The van der Waals surface area contributed by atoms with Gasteiger partial charge in [0.05, 0.1) is 24.5 Å². The fourth-order valence-corrected chi connectivity index (χ4v) is 2.32. The zero-order valence-electron chi connectivity index (χ0n) is 10.0. The van der Waals surface area contributed by atoms with Crippen molar-refractivity contribution in [2.24, 2.45) is 4.99 Å². The maximum Gasteiger partial charge on any atom is 0.205 e. The first kappa shape index (κ1) is 12.0. The van der Waals surface area contributed by atoms with Crippen LogP contribution in [-0.2, 0) is 0 Å². The van der Waals surface area contributed by atoms with Crippen molar-refractivity contribution in [2.45, 2.75) is 6.92 Å². The van der Waals surface area contributed by atoms with Gasteiger partial charge in [0.25, 0.3) is 0 Å². The third-order valence-electron chi connectivity index (χ3n) is 3.03. The molecule has 92 valence electrons. The van der Waals surface area contributed by atoms with Crippen LogP contribution in [0.4, 0.5) is 11.4 Å². The van der Waals surface area contributed by atoms with E-state index in [0.29, 0.717) is 6.61 Å². The zero-order chi connectivity index (χ0) is 11.1. The van der Waals surface area contributed by atoms with Gasteiger partial charge in [-0.15, -0.1) is 12.4 Å². The highest BCUT2D eigenvalue weighted by Crippen LogP contribution is 2.39. The van der Waals surface area contributed by atoms with Crippen molar-refractivity contribution in [2.75, 3.05) is 36.5 Å². The fraction of sp³-hybridized carbons (Fsp3) is 0.417. The minimum absolute atomic E-state index is 0. The molecule has 0 bridgehead atoms. The highest BCUT2D eigenvalue weighted by atomic mass is 35.5. The van der Waals surface area contributed by atoms with Gasteiger partial charge in [0.15, 0.2) is 0 Å². The molecule has 0 radical (unpaired) electrons. The van der Waals surface area contributed by atoms with E-state index in [4.69, 9.17) is 4.74 Å². The maximum absolute atomic E-state index is 5.53. The summed E-state index contributed by atoms with van der Waals surface area (Å²) in [7, 11) is 2.06. The number of benzene rings is 1. The minimum atomic E-state index is 0. The quantitative estimate of drug-likeness (QED) is 0.808. The molecule has 0 fully saturated rings. The van der Waals surface area contributed by atoms with Gasteiger partial charge in [-0.25, -0.2) is 0 Å². The molecule has 5 heteroatoms. The molecule has 1 aromatic carbocycles. The summed E-state index contributed by atoms with van der Waals surface area (Å²) in [6, 6.07) is 6.21. The van der Waals surface area contributed by atoms with Crippen molar-refractivity contribution >= 4 is 29.7 Å². The van der Waals surface area contributed by atoms with Crippen molar-refractivity contribution in [3.8, 4) is 5.75 Å². The molecule has 2 aliphatic heterocycles. The Labute approximate surface area is 107 Å². The van der Waals surface area contributed by atoms with E-state index in [2.05, 4.69) is 34.0 Å². The van der Waals surface area contributed by atoms with Crippen LogP contribution in [0.2, 0.25) is 0 Å². The first-order valence-electron chi connectivity index (χ1n) is 5.64. The summed E-state index contributed by atoms with van der Waals surface area (Å²) < 4.78 is 5.53. The Balaban J connectivity index is 0.00000108. The highest BCUT2D eigenvalue weighted by molar-refractivity contribution is 6.16. The van der Waals surface area contributed by atoms with E-state index >= 15 is 0 Å². The molecule has 0 amide bonds. The normalized spacial score (nSPS) is 16.2. The van der Waals surface area contributed by atoms with Gasteiger partial charge in [-0.3, -0.25) is 4.99 Å². The molecule has 4 nitrogen and oxygen atoms in total. The van der Waals surface area contributed by atoms with Crippen LogP contribution in [0.15, 0.2) is 23.2 Å². The Bertz CT molecular complexity index is 461. The van der Waals surface area contributed by atoms with Gasteiger partial charge in [0, 0.05) is 19.7 Å². The Morgan fingerprint density at radius 1 is 1.35 bits per heavy atom. The maximum atomic E-state index is 5.53. The number of hydrogen-bond acceptors (Lipinski definition) is 4. The lowest BCUT2D eigenvalue weighted by atomic mass is 10.2. The van der Waals surface area contributed by atoms with Gasteiger partial charge < -0.3 is 14.5 Å². The van der Waals surface area contributed by atoms with Gasteiger partial charge in [-0.2, -0.15) is 0 Å². The lowest BCUT2D eigenvalue weighted by Gasteiger charge is -2.13. The molecular weight excluding hydrogens is 238 g/mol. The molecule has 3 rings (SSSR count). The SMILES string of the molecule is CCOc1ccc2c(c1)N1CCN=C1N2C.Cl. The van der Waals surface area contributed by atoms with E-state index in [1.807, 2.05) is 13.0 Å². The minimum Gasteiger partial charge on any atom is -0.494 e. The van der Waals surface area contributed by atoms with E-state index < -0.39 is 0 Å². The number of aliphatic imine (C=N–C) groups is 1.